The lowest BCUT2D eigenvalue weighted by molar-refractivity contribution is 0.121. The van der Waals surface area contributed by atoms with Gasteiger partial charge in [-0.1, -0.05) is 18.0 Å². The molecule has 1 aliphatic heterocycles. The zero-order valence-electron chi connectivity index (χ0n) is 11.6. The van der Waals surface area contributed by atoms with Crippen molar-refractivity contribution in [2.24, 2.45) is 5.92 Å². The van der Waals surface area contributed by atoms with Crippen LogP contribution >= 0.6 is 11.6 Å². The van der Waals surface area contributed by atoms with E-state index in [-0.39, 0.29) is 17.7 Å². The Kier molecular flexibility index (Phi) is 3.98. The highest BCUT2D eigenvalue weighted by atomic mass is 35.5. The third kappa shape index (κ3) is 2.69. The first-order valence-electron chi connectivity index (χ1n) is 7.29. The van der Waals surface area contributed by atoms with Crippen LogP contribution in [0.5, 0.6) is 0 Å². The Labute approximate surface area is 123 Å². The second kappa shape index (κ2) is 5.74. The summed E-state index contributed by atoms with van der Waals surface area (Å²) in [6.07, 6.45) is 6.18. The normalized spacial score (nSPS) is 26.5. The predicted molar refractivity (Wildman–Crippen MR) is 78.3 cm³/mol. The van der Waals surface area contributed by atoms with E-state index in [9.17, 15) is 4.79 Å². The van der Waals surface area contributed by atoms with Crippen LogP contribution in [-0.4, -0.2) is 28.5 Å². The molecule has 0 amide bonds. The van der Waals surface area contributed by atoms with Gasteiger partial charge in [-0.3, -0.25) is 4.79 Å². The number of hydrogen-bond acceptors (Lipinski definition) is 4. The molecule has 0 spiro atoms. The van der Waals surface area contributed by atoms with E-state index in [2.05, 4.69) is 10.4 Å². The van der Waals surface area contributed by atoms with Crippen LogP contribution in [0.2, 0.25) is 5.02 Å². The average Bonchev–Trinajstić information content (AvgIpc) is 2.77. The molecule has 2 atom stereocenters. The Morgan fingerprint density at radius 3 is 2.90 bits per heavy atom. The molecule has 1 saturated carbocycles. The lowest BCUT2D eigenvalue weighted by atomic mass is 9.85. The summed E-state index contributed by atoms with van der Waals surface area (Å²) in [6, 6.07) is 0.139. The van der Waals surface area contributed by atoms with Crippen LogP contribution in [0.3, 0.4) is 0 Å². The van der Waals surface area contributed by atoms with Gasteiger partial charge in [0.25, 0.3) is 5.56 Å². The molecule has 1 saturated heterocycles. The average molecular weight is 298 g/mol. The Balaban J connectivity index is 1.81. The Bertz CT molecular complexity index is 542. The van der Waals surface area contributed by atoms with Crippen molar-refractivity contribution in [2.75, 3.05) is 11.9 Å². The molecule has 2 unspecified atom stereocenters. The number of nitrogens with zero attached hydrogens (tertiary/aromatic N) is 2. The van der Waals surface area contributed by atoms with Gasteiger partial charge in [-0.15, -0.1) is 0 Å². The first kappa shape index (κ1) is 13.9. The Morgan fingerprint density at radius 1 is 1.50 bits per heavy atom. The maximum absolute atomic E-state index is 12.5. The van der Waals surface area contributed by atoms with E-state index < -0.39 is 0 Å². The van der Waals surface area contributed by atoms with Gasteiger partial charge in [0, 0.05) is 13.2 Å². The summed E-state index contributed by atoms with van der Waals surface area (Å²) in [5, 5.41) is 7.79. The van der Waals surface area contributed by atoms with E-state index >= 15 is 0 Å². The van der Waals surface area contributed by atoms with Crippen molar-refractivity contribution in [3.05, 3.63) is 21.6 Å². The minimum Gasteiger partial charge on any atom is -0.376 e. The molecular weight excluding hydrogens is 278 g/mol. The highest BCUT2D eigenvalue weighted by Gasteiger charge is 2.26. The molecule has 3 rings (SSSR count). The summed E-state index contributed by atoms with van der Waals surface area (Å²) in [6.45, 7) is 3.42. The molecule has 110 valence electrons. The second-order valence-electron chi connectivity index (χ2n) is 5.77. The molecule has 1 aliphatic carbocycles. The van der Waals surface area contributed by atoms with Crippen molar-refractivity contribution >= 4 is 17.3 Å². The Morgan fingerprint density at radius 2 is 2.30 bits per heavy atom. The molecule has 1 N–H and O–H groups in total. The number of halogens is 1. The van der Waals surface area contributed by atoms with Gasteiger partial charge in [-0.05, 0) is 32.1 Å². The van der Waals surface area contributed by atoms with E-state index in [0.717, 1.165) is 13.0 Å². The number of hydrogen-bond donors (Lipinski definition) is 1. The third-order valence-corrected chi connectivity index (χ3v) is 4.65. The number of rotatable bonds is 4. The molecule has 1 aromatic rings. The predicted octanol–water partition coefficient (Wildman–Crippen LogP) is 2.29. The van der Waals surface area contributed by atoms with E-state index in [0.29, 0.717) is 23.2 Å². The maximum atomic E-state index is 12.5. The van der Waals surface area contributed by atoms with Crippen LogP contribution in [0.15, 0.2) is 11.0 Å². The lowest BCUT2D eigenvalue weighted by Gasteiger charge is -2.25. The van der Waals surface area contributed by atoms with Gasteiger partial charge in [0.2, 0.25) is 0 Å². The highest BCUT2D eigenvalue weighted by molar-refractivity contribution is 6.33. The van der Waals surface area contributed by atoms with Crippen LogP contribution in [-0.2, 0) is 11.3 Å². The van der Waals surface area contributed by atoms with Crippen molar-refractivity contribution in [3.63, 3.8) is 0 Å². The van der Waals surface area contributed by atoms with Gasteiger partial charge in [0.15, 0.2) is 0 Å². The van der Waals surface area contributed by atoms with Gasteiger partial charge in [-0.2, -0.15) is 5.10 Å². The van der Waals surface area contributed by atoms with Crippen molar-refractivity contribution in [1.82, 2.24) is 9.78 Å². The lowest BCUT2D eigenvalue weighted by Crippen LogP contribution is -2.34. The monoisotopic (exact) mass is 297 g/mol. The SMILES string of the molecule is CC1OCCC1Nc1c(Cl)cnn(CC2CCC2)c1=O. The van der Waals surface area contributed by atoms with Crippen LogP contribution in [0.4, 0.5) is 5.69 Å². The maximum Gasteiger partial charge on any atom is 0.291 e. The number of aromatic nitrogens is 2. The summed E-state index contributed by atoms with van der Waals surface area (Å²) >= 11 is 6.13. The van der Waals surface area contributed by atoms with Crippen LogP contribution in [0.1, 0.15) is 32.6 Å². The number of anilines is 1. The standard InChI is InChI=1S/C14H20ClN3O2/c1-9-12(5-6-20-9)17-13-11(15)7-16-18(14(13)19)8-10-3-2-4-10/h7,9-10,12,17H,2-6,8H2,1H3. The quantitative estimate of drug-likeness (QED) is 0.926. The molecule has 0 bridgehead atoms. The fourth-order valence-electron chi connectivity index (χ4n) is 2.76. The molecule has 1 aromatic heterocycles. The number of nitrogens with one attached hydrogen (secondary N) is 1. The Hall–Kier alpha value is -1.07. The topological polar surface area (TPSA) is 56.1 Å². The van der Waals surface area contributed by atoms with Gasteiger partial charge >= 0.3 is 0 Å². The molecule has 2 aliphatic rings. The molecule has 5 nitrogen and oxygen atoms in total. The molecule has 0 radical (unpaired) electrons. The van der Waals surface area contributed by atoms with Crippen molar-refractivity contribution < 1.29 is 4.74 Å². The molecule has 20 heavy (non-hydrogen) atoms. The fraction of sp³-hybridized carbons (Fsp3) is 0.714. The number of ether oxygens (including phenoxy) is 1. The van der Waals surface area contributed by atoms with Crippen molar-refractivity contribution in [3.8, 4) is 0 Å². The minimum absolute atomic E-state index is 0.0960. The highest BCUT2D eigenvalue weighted by Crippen LogP contribution is 2.28. The molecular formula is C14H20ClN3O2. The summed E-state index contributed by atoms with van der Waals surface area (Å²) in [7, 11) is 0. The zero-order valence-corrected chi connectivity index (χ0v) is 12.4. The van der Waals surface area contributed by atoms with Crippen LogP contribution in [0.25, 0.3) is 0 Å². The van der Waals surface area contributed by atoms with Crippen molar-refractivity contribution in [2.45, 2.75) is 51.3 Å². The largest absolute Gasteiger partial charge is 0.376 e. The van der Waals surface area contributed by atoms with E-state index in [1.807, 2.05) is 6.92 Å². The zero-order chi connectivity index (χ0) is 14.1. The van der Waals surface area contributed by atoms with Gasteiger partial charge in [0.05, 0.1) is 23.4 Å². The first-order valence-corrected chi connectivity index (χ1v) is 7.66. The molecule has 0 aromatic carbocycles. The smallest absolute Gasteiger partial charge is 0.291 e. The summed E-state index contributed by atoms with van der Waals surface area (Å²) in [5.41, 5.74) is 0.340. The summed E-state index contributed by atoms with van der Waals surface area (Å²) in [4.78, 5) is 12.5. The van der Waals surface area contributed by atoms with Crippen LogP contribution in [0, 0.1) is 5.92 Å². The second-order valence-corrected chi connectivity index (χ2v) is 6.17. The third-order valence-electron chi connectivity index (χ3n) is 4.36. The fourth-order valence-corrected chi connectivity index (χ4v) is 2.93. The molecule has 6 heteroatoms. The summed E-state index contributed by atoms with van der Waals surface area (Å²) < 4.78 is 7.05. The van der Waals surface area contributed by atoms with Crippen molar-refractivity contribution in [1.29, 1.82) is 0 Å². The minimum atomic E-state index is -0.122. The first-order chi connectivity index (χ1) is 9.65. The van der Waals surface area contributed by atoms with E-state index in [4.69, 9.17) is 16.3 Å². The molecule has 2 heterocycles. The summed E-state index contributed by atoms with van der Waals surface area (Å²) in [5.74, 6) is 0.586. The van der Waals surface area contributed by atoms with E-state index in [1.165, 1.54) is 19.3 Å². The van der Waals surface area contributed by atoms with Gasteiger partial charge in [0.1, 0.15) is 5.69 Å². The van der Waals surface area contributed by atoms with Gasteiger partial charge in [-0.25, -0.2) is 4.68 Å². The molecule has 2 fully saturated rings. The van der Waals surface area contributed by atoms with E-state index in [1.54, 1.807) is 10.9 Å². The van der Waals surface area contributed by atoms with Gasteiger partial charge < -0.3 is 10.1 Å². The van der Waals surface area contributed by atoms with Crippen LogP contribution < -0.4 is 10.9 Å².